The van der Waals surface area contributed by atoms with E-state index in [0.717, 1.165) is 36.4 Å². The molecule has 6 nitrogen and oxygen atoms in total. The second kappa shape index (κ2) is 5.46. The maximum atomic E-state index is 12.8. The van der Waals surface area contributed by atoms with Gasteiger partial charge in [-0.1, -0.05) is 0 Å². The first-order valence-electron chi connectivity index (χ1n) is 7.74. The molecule has 0 aliphatic carbocycles. The molecule has 1 saturated heterocycles. The van der Waals surface area contributed by atoms with Crippen LogP contribution in [0.3, 0.4) is 0 Å². The molecule has 1 atom stereocenters. The van der Waals surface area contributed by atoms with E-state index in [4.69, 9.17) is 0 Å². The van der Waals surface area contributed by atoms with Crippen LogP contribution in [0.5, 0.6) is 0 Å². The zero-order valence-electron chi connectivity index (χ0n) is 12.9. The fraction of sp³-hybridized carbons (Fsp3) is 0.294. The van der Waals surface area contributed by atoms with Gasteiger partial charge >= 0.3 is 0 Å². The van der Waals surface area contributed by atoms with Gasteiger partial charge in [-0.15, -0.1) is 0 Å². The van der Waals surface area contributed by atoms with Crippen molar-refractivity contribution in [3.8, 4) is 0 Å². The van der Waals surface area contributed by atoms with Gasteiger partial charge in [0.2, 0.25) is 0 Å². The lowest BCUT2D eigenvalue weighted by molar-refractivity contribution is 0.0732. The third kappa shape index (κ3) is 2.36. The van der Waals surface area contributed by atoms with Crippen LogP contribution >= 0.6 is 0 Å². The van der Waals surface area contributed by atoms with Crippen LogP contribution in [0.15, 0.2) is 43.1 Å². The largest absolute Gasteiger partial charge is 0.330 e. The highest BCUT2D eigenvalue weighted by atomic mass is 16.2. The Morgan fingerprint density at radius 1 is 1.26 bits per heavy atom. The molecule has 0 saturated carbocycles. The molecule has 1 aliphatic heterocycles. The average molecular weight is 307 g/mol. The molecule has 0 unspecified atom stereocenters. The van der Waals surface area contributed by atoms with Crippen LogP contribution in [0.4, 0.5) is 0 Å². The number of hydrogen-bond acceptors (Lipinski definition) is 4. The molecule has 0 spiro atoms. The highest BCUT2D eigenvalue weighted by molar-refractivity contribution is 5.94. The molecule has 1 aliphatic rings. The van der Waals surface area contributed by atoms with Gasteiger partial charge in [0.25, 0.3) is 5.91 Å². The molecule has 1 fully saturated rings. The van der Waals surface area contributed by atoms with E-state index < -0.39 is 0 Å². The minimum atomic E-state index is 0.00825. The van der Waals surface area contributed by atoms with Crippen molar-refractivity contribution in [2.75, 3.05) is 6.54 Å². The van der Waals surface area contributed by atoms with Crippen LogP contribution in [-0.2, 0) is 0 Å². The Morgan fingerprint density at radius 2 is 2.13 bits per heavy atom. The van der Waals surface area contributed by atoms with Crippen LogP contribution < -0.4 is 0 Å². The molecule has 4 rings (SSSR count). The van der Waals surface area contributed by atoms with Crippen LogP contribution in [0.25, 0.3) is 5.52 Å². The van der Waals surface area contributed by atoms with Gasteiger partial charge in [0.05, 0.1) is 35.2 Å². The molecule has 0 radical (unpaired) electrons. The Balaban J connectivity index is 1.69. The van der Waals surface area contributed by atoms with Crippen molar-refractivity contribution in [3.05, 3.63) is 60.2 Å². The monoisotopic (exact) mass is 307 g/mol. The van der Waals surface area contributed by atoms with Gasteiger partial charge in [-0.3, -0.25) is 14.8 Å². The fourth-order valence-electron chi connectivity index (χ4n) is 3.19. The minimum Gasteiger partial charge on any atom is -0.330 e. The fourth-order valence-corrected chi connectivity index (χ4v) is 3.19. The number of nitrogens with zero attached hydrogens (tertiary/aromatic N) is 5. The number of aryl methyl sites for hydroxylation is 1. The number of pyridine rings is 1. The predicted molar refractivity (Wildman–Crippen MR) is 85.0 cm³/mol. The van der Waals surface area contributed by atoms with Crippen molar-refractivity contribution in [2.24, 2.45) is 0 Å². The van der Waals surface area contributed by atoms with Crippen LogP contribution in [0, 0.1) is 6.92 Å². The Bertz CT molecular complexity index is 858. The zero-order valence-corrected chi connectivity index (χ0v) is 12.9. The van der Waals surface area contributed by atoms with Crippen molar-refractivity contribution < 1.29 is 4.79 Å². The van der Waals surface area contributed by atoms with E-state index in [1.165, 1.54) is 0 Å². The molecule has 1 amide bonds. The summed E-state index contributed by atoms with van der Waals surface area (Å²) < 4.78 is 2.02. The summed E-state index contributed by atoms with van der Waals surface area (Å²) >= 11 is 0. The number of amides is 1. The summed E-state index contributed by atoms with van der Waals surface area (Å²) in [7, 11) is 0. The number of fused-ring (bicyclic) bond motifs is 1. The SMILES string of the molecule is Cc1ncc2cnc([C@H]3CCCN3C(=O)c3cccnc3)cn12. The number of imidazole rings is 1. The van der Waals surface area contributed by atoms with Gasteiger partial charge in [-0.05, 0) is 31.9 Å². The second-order valence-corrected chi connectivity index (χ2v) is 5.81. The maximum Gasteiger partial charge on any atom is 0.255 e. The van der Waals surface area contributed by atoms with Gasteiger partial charge in [-0.2, -0.15) is 0 Å². The highest BCUT2D eigenvalue weighted by Gasteiger charge is 2.31. The Labute approximate surface area is 133 Å². The van der Waals surface area contributed by atoms with E-state index in [0.29, 0.717) is 5.56 Å². The molecule has 0 aromatic carbocycles. The van der Waals surface area contributed by atoms with E-state index in [1.807, 2.05) is 28.6 Å². The summed E-state index contributed by atoms with van der Waals surface area (Å²) in [6.45, 7) is 2.71. The van der Waals surface area contributed by atoms with Crippen molar-refractivity contribution in [1.82, 2.24) is 24.3 Å². The lowest BCUT2D eigenvalue weighted by atomic mass is 10.1. The highest BCUT2D eigenvalue weighted by Crippen LogP contribution is 2.32. The van der Waals surface area contributed by atoms with Gasteiger partial charge in [0.15, 0.2) is 0 Å². The molecule has 116 valence electrons. The second-order valence-electron chi connectivity index (χ2n) is 5.81. The topological polar surface area (TPSA) is 63.4 Å². The molecule has 0 bridgehead atoms. The van der Waals surface area contributed by atoms with E-state index in [-0.39, 0.29) is 11.9 Å². The molecule has 3 aromatic heterocycles. The Hall–Kier alpha value is -2.76. The Morgan fingerprint density at radius 3 is 2.96 bits per heavy atom. The first-order chi connectivity index (χ1) is 11.2. The van der Waals surface area contributed by atoms with E-state index in [1.54, 1.807) is 30.7 Å². The number of likely N-dealkylation sites (tertiary alicyclic amines) is 1. The third-order valence-electron chi connectivity index (χ3n) is 4.38. The first kappa shape index (κ1) is 13.9. The normalized spacial score (nSPS) is 17.8. The first-order valence-corrected chi connectivity index (χ1v) is 7.74. The Kier molecular flexibility index (Phi) is 3.29. The van der Waals surface area contributed by atoms with Crippen molar-refractivity contribution in [1.29, 1.82) is 0 Å². The molecule has 4 heterocycles. The summed E-state index contributed by atoms with van der Waals surface area (Å²) in [5, 5.41) is 0. The number of carbonyl (C=O) groups excluding carboxylic acids is 1. The molecule has 6 heteroatoms. The average Bonchev–Trinajstić information content (AvgIpc) is 3.22. The summed E-state index contributed by atoms with van der Waals surface area (Å²) in [5.74, 6) is 0.941. The number of hydrogen-bond donors (Lipinski definition) is 0. The molecule has 23 heavy (non-hydrogen) atoms. The lowest BCUT2D eigenvalue weighted by Gasteiger charge is -2.24. The summed E-state index contributed by atoms with van der Waals surface area (Å²) in [6.07, 6.45) is 10.8. The van der Waals surface area contributed by atoms with Gasteiger partial charge < -0.3 is 9.30 Å². The van der Waals surface area contributed by atoms with E-state index in [9.17, 15) is 4.79 Å². The molecule has 3 aromatic rings. The third-order valence-corrected chi connectivity index (χ3v) is 4.38. The quantitative estimate of drug-likeness (QED) is 0.729. The van der Waals surface area contributed by atoms with E-state index >= 15 is 0 Å². The van der Waals surface area contributed by atoms with Gasteiger partial charge in [0, 0.05) is 25.1 Å². The van der Waals surface area contributed by atoms with E-state index in [2.05, 4.69) is 15.0 Å². The smallest absolute Gasteiger partial charge is 0.255 e. The summed E-state index contributed by atoms with van der Waals surface area (Å²) in [4.78, 5) is 27.6. The number of carbonyl (C=O) groups is 1. The molecular formula is C17H17N5O. The molecular weight excluding hydrogens is 290 g/mol. The van der Waals surface area contributed by atoms with Gasteiger partial charge in [0.1, 0.15) is 5.82 Å². The summed E-state index contributed by atoms with van der Waals surface area (Å²) in [6, 6.07) is 3.60. The summed E-state index contributed by atoms with van der Waals surface area (Å²) in [5.41, 5.74) is 2.50. The van der Waals surface area contributed by atoms with Crippen molar-refractivity contribution in [2.45, 2.75) is 25.8 Å². The predicted octanol–water partition coefficient (Wildman–Crippen LogP) is 2.41. The maximum absolute atomic E-state index is 12.8. The van der Waals surface area contributed by atoms with Crippen molar-refractivity contribution in [3.63, 3.8) is 0 Å². The van der Waals surface area contributed by atoms with Crippen LogP contribution in [0.1, 0.15) is 40.8 Å². The lowest BCUT2D eigenvalue weighted by Crippen LogP contribution is -2.31. The zero-order chi connectivity index (χ0) is 15.8. The standard InChI is InChI=1S/C17H17N5O/c1-12-19-9-14-10-20-15(11-22(12)14)16-5-3-7-21(16)17(23)13-4-2-6-18-8-13/h2,4,6,8-11,16H,3,5,7H2,1H3/t16-/m1/s1. The number of rotatable bonds is 2. The number of aromatic nitrogens is 4. The molecule has 0 N–H and O–H groups in total. The van der Waals surface area contributed by atoms with Crippen molar-refractivity contribution >= 4 is 11.4 Å². The minimum absolute atomic E-state index is 0.00825. The van der Waals surface area contributed by atoms with Crippen LogP contribution in [0.2, 0.25) is 0 Å². The van der Waals surface area contributed by atoms with Gasteiger partial charge in [-0.25, -0.2) is 4.98 Å². The van der Waals surface area contributed by atoms with Crippen LogP contribution in [-0.4, -0.2) is 36.7 Å².